The molecule has 2 rings (SSSR count). The number of hydrogen-bond donors (Lipinski definition) is 9. The third kappa shape index (κ3) is 40.6. The van der Waals surface area contributed by atoms with Gasteiger partial charge < -0.3 is 65.1 Å². The molecule has 9 N–H and O–H groups in total. The van der Waals surface area contributed by atoms with Crippen LogP contribution in [0.3, 0.4) is 0 Å². The molecule has 1 amide bonds. The summed E-state index contributed by atoms with van der Waals surface area (Å²) in [4.78, 5) is 13.3. The lowest BCUT2D eigenvalue weighted by atomic mass is 9.97. The van der Waals surface area contributed by atoms with Crippen LogP contribution in [0.15, 0.2) is 48.6 Å². The molecule has 0 aromatic heterocycles. The highest BCUT2D eigenvalue weighted by atomic mass is 16.7. The fourth-order valence-electron chi connectivity index (χ4n) is 11.7. The van der Waals surface area contributed by atoms with Crippen molar-refractivity contribution in [2.24, 2.45) is 0 Å². The summed E-state index contributed by atoms with van der Waals surface area (Å²) < 4.78 is 22.8. The summed E-state index contributed by atoms with van der Waals surface area (Å²) in [7, 11) is 0. The number of aliphatic hydroxyl groups is 8. The highest BCUT2D eigenvalue weighted by molar-refractivity contribution is 5.76. The van der Waals surface area contributed by atoms with E-state index in [0.717, 1.165) is 44.9 Å². The van der Waals surface area contributed by atoms with Crippen molar-refractivity contribution in [2.45, 2.75) is 383 Å². The summed E-state index contributed by atoms with van der Waals surface area (Å²) >= 11 is 0. The van der Waals surface area contributed by atoms with Crippen LogP contribution >= 0.6 is 0 Å². The standard InChI is InChI=1S/C72H133NO13/c1-3-5-7-9-11-13-15-17-19-21-23-25-27-29-30-32-34-36-38-40-42-44-46-48-50-52-54-56-64(77)73-60(59-83-71-69(82)67(80)70(63(58-75)85-71)86-72-68(81)66(79)65(78)62(57-74)84-72)61(76)55-53-51-49-47-45-43-41-39-37-35-33-31-28-26-24-22-20-18-16-14-12-10-8-6-4-2/h21,23,37,39,45,47,53,55,60-63,65-72,74-76,78-82H,3-20,22,24-36,38,40-44,46,48-52,54,56-59H2,1-2H3,(H,73,77)/b23-21-,39-37+,47-45+,55-53+. The Morgan fingerprint density at radius 3 is 1.14 bits per heavy atom. The zero-order valence-electron chi connectivity index (χ0n) is 54.8. The van der Waals surface area contributed by atoms with Crippen molar-refractivity contribution in [1.82, 2.24) is 5.32 Å². The zero-order valence-corrected chi connectivity index (χ0v) is 54.8. The molecular formula is C72H133NO13. The van der Waals surface area contributed by atoms with Crippen LogP contribution in [-0.2, 0) is 23.7 Å². The Kier molecular flexibility index (Phi) is 53.0. The minimum Gasteiger partial charge on any atom is -0.394 e. The first-order valence-electron chi connectivity index (χ1n) is 35.9. The maximum Gasteiger partial charge on any atom is 0.220 e. The van der Waals surface area contributed by atoms with E-state index < -0.39 is 86.8 Å². The minimum absolute atomic E-state index is 0.249. The third-order valence-electron chi connectivity index (χ3n) is 17.5. The summed E-state index contributed by atoms with van der Waals surface area (Å²) in [5.41, 5.74) is 0. The van der Waals surface area contributed by atoms with E-state index in [1.54, 1.807) is 6.08 Å². The number of carbonyl (C=O) groups excluding carboxylic acids is 1. The Labute approximate surface area is 524 Å². The monoisotopic (exact) mass is 1220 g/mol. The summed E-state index contributed by atoms with van der Waals surface area (Å²) in [5.74, 6) is -0.249. The molecule has 14 nitrogen and oxygen atoms in total. The quantitative estimate of drug-likeness (QED) is 0.0204. The first-order chi connectivity index (χ1) is 42.1. The van der Waals surface area contributed by atoms with Crippen molar-refractivity contribution in [3.8, 4) is 0 Å². The number of allylic oxidation sites excluding steroid dienone is 7. The number of unbranched alkanes of at least 4 members (excludes halogenated alkanes) is 40. The van der Waals surface area contributed by atoms with Gasteiger partial charge in [0, 0.05) is 6.42 Å². The normalized spacial score (nSPS) is 23.7. The van der Waals surface area contributed by atoms with Crippen molar-refractivity contribution in [1.29, 1.82) is 0 Å². The molecule has 504 valence electrons. The molecule has 0 radical (unpaired) electrons. The summed E-state index contributed by atoms with van der Waals surface area (Å²) in [5, 5.41) is 87.4. The summed E-state index contributed by atoms with van der Waals surface area (Å²) in [6.45, 7) is 2.82. The highest BCUT2D eigenvalue weighted by Gasteiger charge is 2.51. The van der Waals surface area contributed by atoms with E-state index in [1.165, 1.54) is 231 Å². The molecule has 2 aliphatic heterocycles. The van der Waals surface area contributed by atoms with Gasteiger partial charge in [0.2, 0.25) is 5.91 Å². The van der Waals surface area contributed by atoms with Crippen LogP contribution in [0, 0.1) is 0 Å². The van der Waals surface area contributed by atoms with Gasteiger partial charge in [0.25, 0.3) is 0 Å². The van der Waals surface area contributed by atoms with Crippen LogP contribution in [0.1, 0.15) is 309 Å². The zero-order chi connectivity index (χ0) is 62.3. The molecule has 12 atom stereocenters. The van der Waals surface area contributed by atoms with Crippen molar-refractivity contribution in [3.63, 3.8) is 0 Å². The van der Waals surface area contributed by atoms with Crippen molar-refractivity contribution in [3.05, 3.63) is 48.6 Å². The maximum atomic E-state index is 13.3. The molecule has 0 aliphatic carbocycles. The minimum atomic E-state index is -1.79. The van der Waals surface area contributed by atoms with Crippen LogP contribution in [0.2, 0.25) is 0 Å². The van der Waals surface area contributed by atoms with Crippen molar-refractivity contribution < 1.29 is 64.6 Å². The van der Waals surface area contributed by atoms with E-state index in [1.807, 2.05) is 6.08 Å². The average Bonchev–Trinajstić information content (AvgIpc) is 2.53. The van der Waals surface area contributed by atoms with Gasteiger partial charge in [-0.25, -0.2) is 0 Å². The van der Waals surface area contributed by atoms with Gasteiger partial charge in [-0.2, -0.15) is 0 Å². The predicted octanol–water partition coefficient (Wildman–Crippen LogP) is 14.7. The smallest absolute Gasteiger partial charge is 0.220 e. The van der Waals surface area contributed by atoms with Crippen LogP contribution in [0.4, 0.5) is 0 Å². The molecule has 0 aromatic rings. The molecule has 0 spiro atoms. The number of hydrogen-bond acceptors (Lipinski definition) is 13. The van der Waals surface area contributed by atoms with Gasteiger partial charge >= 0.3 is 0 Å². The average molecular weight is 1220 g/mol. The van der Waals surface area contributed by atoms with Crippen LogP contribution < -0.4 is 5.32 Å². The van der Waals surface area contributed by atoms with Gasteiger partial charge in [0.05, 0.1) is 32.0 Å². The van der Waals surface area contributed by atoms with Crippen LogP contribution in [-0.4, -0.2) is 140 Å². The van der Waals surface area contributed by atoms with Gasteiger partial charge in [-0.15, -0.1) is 0 Å². The molecular weight excluding hydrogens is 1090 g/mol. The molecule has 0 bridgehead atoms. The number of ether oxygens (including phenoxy) is 4. The lowest BCUT2D eigenvalue weighted by Gasteiger charge is -2.46. The SMILES string of the molecule is CCCCCCCCCC/C=C\CCCCCCCCCCCCCCCCCC(=O)NC(COC1OC(CO)C(OC2OC(CO)C(O)C(O)C2O)C(O)C1O)C(O)/C=C/CC/C=C/CC/C=C/CCCCCCCCCCCCCCCCC. The Bertz CT molecular complexity index is 1630. The highest BCUT2D eigenvalue weighted by Crippen LogP contribution is 2.30. The Morgan fingerprint density at radius 1 is 0.407 bits per heavy atom. The van der Waals surface area contributed by atoms with Crippen LogP contribution in [0.25, 0.3) is 0 Å². The topological polar surface area (TPSA) is 228 Å². The first-order valence-corrected chi connectivity index (χ1v) is 35.9. The molecule has 2 fully saturated rings. The van der Waals surface area contributed by atoms with Gasteiger partial charge in [-0.05, 0) is 70.6 Å². The molecule has 2 saturated heterocycles. The third-order valence-corrected chi connectivity index (χ3v) is 17.5. The number of rotatable bonds is 59. The van der Waals surface area contributed by atoms with E-state index in [0.29, 0.717) is 12.8 Å². The number of nitrogens with one attached hydrogen (secondary N) is 1. The Balaban J connectivity index is 1.70. The van der Waals surface area contributed by atoms with E-state index in [2.05, 4.69) is 55.6 Å². The number of aliphatic hydroxyl groups excluding tert-OH is 8. The van der Waals surface area contributed by atoms with Crippen molar-refractivity contribution >= 4 is 5.91 Å². The Hall–Kier alpha value is -2.05. The molecule has 14 heteroatoms. The molecule has 86 heavy (non-hydrogen) atoms. The van der Waals surface area contributed by atoms with Gasteiger partial charge in [-0.3, -0.25) is 4.79 Å². The molecule has 0 saturated carbocycles. The molecule has 12 unspecified atom stereocenters. The number of carbonyl (C=O) groups is 1. The first kappa shape index (κ1) is 80.0. The van der Waals surface area contributed by atoms with Gasteiger partial charge in [0.15, 0.2) is 12.6 Å². The molecule has 2 heterocycles. The predicted molar refractivity (Wildman–Crippen MR) is 351 cm³/mol. The van der Waals surface area contributed by atoms with E-state index >= 15 is 0 Å². The van der Waals surface area contributed by atoms with Crippen LogP contribution in [0.5, 0.6) is 0 Å². The molecule has 2 aliphatic rings. The Morgan fingerprint density at radius 2 is 0.744 bits per heavy atom. The largest absolute Gasteiger partial charge is 0.394 e. The second-order valence-corrected chi connectivity index (χ2v) is 25.3. The van der Waals surface area contributed by atoms with Gasteiger partial charge in [-0.1, -0.05) is 281 Å². The van der Waals surface area contributed by atoms with E-state index in [4.69, 9.17) is 18.9 Å². The summed E-state index contributed by atoms with van der Waals surface area (Å²) in [6.07, 6.45) is 57.4. The fraction of sp³-hybridized carbons (Fsp3) is 0.875. The van der Waals surface area contributed by atoms with E-state index in [-0.39, 0.29) is 18.9 Å². The van der Waals surface area contributed by atoms with Gasteiger partial charge in [0.1, 0.15) is 48.8 Å². The lowest BCUT2D eigenvalue weighted by Crippen LogP contribution is -2.65. The second kappa shape index (κ2) is 56.9. The summed E-state index contributed by atoms with van der Waals surface area (Å²) in [6, 6.07) is -0.939. The molecule has 0 aromatic carbocycles. The van der Waals surface area contributed by atoms with Crippen molar-refractivity contribution in [2.75, 3.05) is 19.8 Å². The lowest BCUT2D eigenvalue weighted by molar-refractivity contribution is -0.359. The maximum absolute atomic E-state index is 13.3. The van der Waals surface area contributed by atoms with E-state index in [9.17, 15) is 45.6 Å². The fourth-order valence-corrected chi connectivity index (χ4v) is 11.7. The second-order valence-electron chi connectivity index (χ2n) is 25.3. The number of amides is 1.